The zero-order chi connectivity index (χ0) is 12.4. The lowest BCUT2D eigenvalue weighted by atomic mass is 10.2. The Balaban J connectivity index is 2.52. The third kappa shape index (κ3) is 2.44. The van der Waals surface area contributed by atoms with Gasteiger partial charge in [0.05, 0.1) is 0 Å². The summed E-state index contributed by atoms with van der Waals surface area (Å²) in [4.78, 5) is 13.2. The van der Waals surface area contributed by atoms with Gasteiger partial charge >= 0.3 is 0 Å². The van der Waals surface area contributed by atoms with Crippen LogP contribution in [0.1, 0.15) is 11.3 Å². The van der Waals surface area contributed by atoms with Crippen LogP contribution in [0.3, 0.4) is 0 Å². The molecule has 2 heterocycles. The van der Waals surface area contributed by atoms with Gasteiger partial charge in [-0.05, 0) is 41.9 Å². The van der Waals surface area contributed by atoms with Crippen LogP contribution >= 0.6 is 15.9 Å². The number of halogens is 1. The lowest BCUT2D eigenvalue weighted by Gasteiger charge is -2.09. The predicted octanol–water partition coefficient (Wildman–Crippen LogP) is 2.96. The van der Waals surface area contributed by atoms with Crippen molar-refractivity contribution < 1.29 is 0 Å². The van der Waals surface area contributed by atoms with Gasteiger partial charge in [-0.25, -0.2) is 9.97 Å². The SMILES string of the molecule is CNc1nc(-c2ccc(Br)cn2)nc(C)c1C. The quantitative estimate of drug-likeness (QED) is 0.925. The molecule has 0 aliphatic rings. The number of hydrogen-bond acceptors (Lipinski definition) is 4. The van der Waals surface area contributed by atoms with Crippen molar-refractivity contribution in [2.24, 2.45) is 0 Å². The standard InChI is InChI=1S/C12H13BrN4/c1-7-8(2)16-12(17-11(7)14-3)10-5-4-9(13)6-15-10/h4-6H,1-3H3,(H,14,16,17). The molecule has 0 aliphatic carbocycles. The Bertz CT molecular complexity index is 537. The highest BCUT2D eigenvalue weighted by Crippen LogP contribution is 2.20. The molecule has 0 amide bonds. The molecule has 0 aliphatic heterocycles. The highest BCUT2D eigenvalue weighted by Gasteiger charge is 2.09. The zero-order valence-electron chi connectivity index (χ0n) is 9.95. The van der Waals surface area contributed by atoms with Crippen molar-refractivity contribution >= 4 is 21.7 Å². The summed E-state index contributed by atoms with van der Waals surface area (Å²) in [6.07, 6.45) is 1.74. The Labute approximate surface area is 109 Å². The van der Waals surface area contributed by atoms with E-state index in [2.05, 4.69) is 36.2 Å². The van der Waals surface area contributed by atoms with Crippen LogP contribution in [-0.2, 0) is 0 Å². The molecule has 0 fully saturated rings. The Hall–Kier alpha value is -1.49. The summed E-state index contributed by atoms with van der Waals surface area (Å²) in [5, 5.41) is 3.07. The highest BCUT2D eigenvalue weighted by molar-refractivity contribution is 9.10. The van der Waals surface area contributed by atoms with Crippen molar-refractivity contribution in [3.05, 3.63) is 34.1 Å². The summed E-state index contributed by atoms with van der Waals surface area (Å²) in [5.74, 6) is 1.49. The van der Waals surface area contributed by atoms with Crippen LogP contribution < -0.4 is 5.32 Å². The molecule has 2 aromatic rings. The molecular formula is C12H13BrN4. The van der Waals surface area contributed by atoms with Gasteiger partial charge in [-0.2, -0.15) is 0 Å². The maximum atomic E-state index is 4.45. The minimum Gasteiger partial charge on any atom is -0.373 e. The maximum Gasteiger partial charge on any atom is 0.180 e. The van der Waals surface area contributed by atoms with Crippen molar-refractivity contribution in [1.82, 2.24) is 15.0 Å². The third-order valence-corrected chi connectivity index (χ3v) is 3.05. The summed E-state index contributed by atoms with van der Waals surface area (Å²) in [7, 11) is 1.85. The first-order chi connectivity index (χ1) is 8.11. The van der Waals surface area contributed by atoms with E-state index in [1.54, 1.807) is 6.20 Å². The first kappa shape index (κ1) is 12.0. The molecule has 1 N–H and O–H groups in total. The van der Waals surface area contributed by atoms with E-state index in [4.69, 9.17) is 0 Å². The second kappa shape index (κ2) is 4.79. The van der Waals surface area contributed by atoms with Crippen molar-refractivity contribution in [3.63, 3.8) is 0 Å². The van der Waals surface area contributed by atoms with Gasteiger partial charge in [-0.15, -0.1) is 0 Å². The molecule has 0 aromatic carbocycles. The predicted molar refractivity (Wildman–Crippen MR) is 72.0 cm³/mol. The topological polar surface area (TPSA) is 50.7 Å². The number of anilines is 1. The molecule has 2 rings (SSSR count). The van der Waals surface area contributed by atoms with Crippen LogP contribution in [0.4, 0.5) is 5.82 Å². The van der Waals surface area contributed by atoms with E-state index in [0.29, 0.717) is 5.82 Å². The molecule has 5 heteroatoms. The molecule has 0 atom stereocenters. The van der Waals surface area contributed by atoms with E-state index >= 15 is 0 Å². The van der Waals surface area contributed by atoms with Crippen molar-refractivity contribution in [3.8, 4) is 11.5 Å². The summed E-state index contributed by atoms with van der Waals surface area (Å²) >= 11 is 3.36. The Morgan fingerprint density at radius 1 is 1.18 bits per heavy atom. The van der Waals surface area contributed by atoms with Gasteiger partial charge in [0.25, 0.3) is 0 Å². The maximum absolute atomic E-state index is 4.45. The third-order valence-electron chi connectivity index (χ3n) is 2.58. The first-order valence-electron chi connectivity index (χ1n) is 5.26. The van der Waals surface area contributed by atoms with Crippen molar-refractivity contribution in [2.75, 3.05) is 12.4 Å². The minimum atomic E-state index is 0.643. The number of aryl methyl sites for hydroxylation is 1. The van der Waals surface area contributed by atoms with E-state index < -0.39 is 0 Å². The zero-order valence-corrected chi connectivity index (χ0v) is 11.5. The fraction of sp³-hybridized carbons (Fsp3) is 0.250. The van der Waals surface area contributed by atoms with Crippen molar-refractivity contribution in [2.45, 2.75) is 13.8 Å². The van der Waals surface area contributed by atoms with Crippen LogP contribution in [0.15, 0.2) is 22.8 Å². The number of pyridine rings is 1. The summed E-state index contributed by atoms with van der Waals surface area (Å²) < 4.78 is 0.943. The molecule has 4 nitrogen and oxygen atoms in total. The summed E-state index contributed by atoms with van der Waals surface area (Å²) in [6.45, 7) is 3.97. The normalized spacial score (nSPS) is 10.4. The molecule has 0 bridgehead atoms. The molecule has 0 unspecified atom stereocenters. The molecular weight excluding hydrogens is 280 g/mol. The van der Waals surface area contributed by atoms with E-state index in [-0.39, 0.29) is 0 Å². The molecule has 2 aromatic heterocycles. The van der Waals surface area contributed by atoms with E-state index in [1.807, 2.05) is 33.0 Å². The molecule has 88 valence electrons. The molecule has 17 heavy (non-hydrogen) atoms. The molecule has 0 spiro atoms. The fourth-order valence-corrected chi connectivity index (χ4v) is 1.73. The lowest BCUT2D eigenvalue weighted by Crippen LogP contribution is -2.03. The highest BCUT2D eigenvalue weighted by atomic mass is 79.9. The molecule has 0 saturated carbocycles. The van der Waals surface area contributed by atoms with Gasteiger partial charge in [-0.1, -0.05) is 0 Å². The van der Waals surface area contributed by atoms with Crippen LogP contribution in [0.2, 0.25) is 0 Å². The first-order valence-corrected chi connectivity index (χ1v) is 6.06. The average molecular weight is 293 g/mol. The van der Waals surface area contributed by atoms with Gasteiger partial charge in [0.15, 0.2) is 5.82 Å². The van der Waals surface area contributed by atoms with Crippen LogP contribution in [-0.4, -0.2) is 22.0 Å². The molecule has 0 saturated heterocycles. The Kier molecular flexibility index (Phi) is 3.38. The summed E-state index contributed by atoms with van der Waals surface area (Å²) in [6, 6.07) is 3.83. The van der Waals surface area contributed by atoms with Crippen LogP contribution in [0.5, 0.6) is 0 Å². The van der Waals surface area contributed by atoms with Crippen LogP contribution in [0.25, 0.3) is 11.5 Å². The lowest BCUT2D eigenvalue weighted by molar-refractivity contribution is 1.05. The van der Waals surface area contributed by atoms with E-state index in [1.165, 1.54) is 0 Å². The monoisotopic (exact) mass is 292 g/mol. The summed E-state index contributed by atoms with van der Waals surface area (Å²) in [5.41, 5.74) is 2.80. The molecule has 0 radical (unpaired) electrons. The van der Waals surface area contributed by atoms with Gasteiger partial charge in [0, 0.05) is 29.0 Å². The Morgan fingerprint density at radius 3 is 2.53 bits per heavy atom. The van der Waals surface area contributed by atoms with E-state index in [0.717, 1.165) is 27.2 Å². The number of rotatable bonds is 2. The van der Waals surface area contributed by atoms with E-state index in [9.17, 15) is 0 Å². The fourth-order valence-electron chi connectivity index (χ4n) is 1.49. The van der Waals surface area contributed by atoms with Gasteiger partial charge < -0.3 is 5.32 Å². The smallest absolute Gasteiger partial charge is 0.180 e. The number of nitrogens with one attached hydrogen (secondary N) is 1. The largest absolute Gasteiger partial charge is 0.373 e. The Morgan fingerprint density at radius 2 is 1.94 bits per heavy atom. The second-order valence-corrected chi connectivity index (χ2v) is 4.63. The number of nitrogens with zero attached hydrogens (tertiary/aromatic N) is 3. The van der Waals surface area contributed by atoms with Gasteiger partial charge in [-0.3, -0.25) is 4.98 Å². The van der Waals surface area contributed by atoms with Crippen LogP contribution in [0, 0.1) is 13.8 Å². The van der Waals surface area contributed by atoms with Gasteiger partial charge in [0.1, 0.15) is 11.5 Å². The number of aromatic nitrogens is 3. The van der Waals surface area contributed by atoms with Crippen molar-refractivity contribution in [1.29, 1.82) is 0 Å². The average Bonchev–Trinajstić information content (AvgIpc) is 2.33. The van der Waals surface area contributed by atoms with Gasteiger partial charge in [0.2, 0.25) is 0 Å². The second-order valence-electron chi connectivity index (χ2n) is 3.72. The minimum absolute atomic E-state index is 0.643. The number of hydrogen-bond donors (Lipinski definition) is 1.